The number of anilines is 1. The first-order chi connectivity index (χ1) is 12.8. The minimum Gasteiger partial charge on any atom is -0.497 e. The van der Waals surface area contributed by atoms with Gasteiger partial charge in [-0.1, -0.05) is 42.8 Å². The van der Waals surface area contributed by atoms with E-state index in [-0.39, 0.29) is 11.4 Å². The number of carbonyl (C=O) groups is 1. The van der Waals surface area contributed by atoms with E-state index in [0.717, 1.165) is 27.9 Å². The summed E-state index contributed by atoms with van der Waals surface area (Å²) in [7, 11) is 1.65. The van der Waals surface area contributed by atoms with Crippen LogP contribution in [0.15, 0.2) is 42.5 Å². The van der Waals surface area contributed by atoms with Crippen molar-refractivity contribution in [2.45, 2.75) is 38.6 Å². The molecular weight excluding hydrogens is 378 g/mol. The molecule has 0 saturated heterocycles. The van der Waals surface area contributed by atoms with Crippen molar-refractivity contribution < 1.29 is 9.53 Å². The van der Waals surface area contributed by atoms with E-state index >= 15 is 0 Å². The largest absolute Gasteiger partial charge is 0.497 e. The number of amides is 1. The van der Waals surface area contributed by atoms with Crippen molar-refractivity contribution in [3.8, 4) is 5.75 Å². The molecule has 0 fully saturated rings. The first kappa shape index (κ1) is 18.3. The Bertz CT molecular complexity index is 1040. The van der Waals surface area contributed by atoms with Crippen molar-refractivity contribution in [2.75, 3.05) is 12.0 Å². The van der Waals surface area contributed by atoms with Gasteiger partial charge in [-0.05, 0) is 43.9 Å². The second-order valence-corrected chi connectivity index (χ2v) is 9.15. The molecule has 0 bridgehead atoms. The molecule has 2 heterocycles. The Hall–Kier alpha value is -2.04. The summed E-state index contributed by atoms with van der Waals surface area (Å²) in [5.74, 6) is 1.06. The number of halogens is 1. The van der Waals surface area contributed by atoms with E-state index in [1.54, 1.807) is 7.11 Å². The van der Waals surface area contributed by atoms with Crippen LogP contribution in [0.4, 0.5) is 5.69 Å². The summed E-state index contributed by atoms with van der Waals surface area (Å²) in [5.41, 5.74) is 1.76. The van der Waals surface area contributed by atoms with Gasteiger partial charge in [0.15, 0.2) is 0 Å². The molecule has 0 N–H and O–H groups in total. The van der Waals surface area contributed by atoms with Crippen LogP contribution in [0.25, 0.3) is 10.1 Å². The van der Waals surface area contributed by atoms with Gasteiger partial charge in [-0.25, -0.2) is 0 Å². The lowest BCUT2D eigenvalue weighted by atomic mass is 9.80. The Morgan fingerprint density at radius 3 is 2.70 bits per heavy atom. The minimum absolute atomic E-state index is 0.0485. The second kappa shape index (κ2) is 6.54. The highest BCUT2D eigenvalue weighted by molar-refractivity contribution is 7.21. The molecule has 0 saturated carbocycles. The van der Waals surface area contributed by atoms with E-state index in [9.17, 15) is 4.79 Å². The van der Waals surface area contributed by atoms with Gasteiger partial charge < -0.3 is 9.64 Å². The third kappa shape index (κ3) is 2.91. The van der Waals surface area contributed by atoms with E-state index in [1.165, 1.54) is 16.9 Å². The average Bonchev–Trinajstić information content (AvgIpc) is 2.97. The Balaban J connectivity index is 1.89. The smallest absolute Gasteiger partial charge is 0.270 e. The first-order valence-corrected chi connectivity index (χ1v) is 10.2. The molecule has 0 unspecified atom stereocenters. The predicted octanol–water partition coefficient (Wildman–Crippen LogP) is 6.50. The van der Waals surface area contributed by atoms with E-state index < -0.39 is 0 Å². The third-order valence-corrected chi connectivity index (χ3v) is 7.02. The molecule has 3 aromatic rings. The quantitative estimate of drug-likeness (QED) is 0.492. The molecule has 0 spiro atoms. The van der Waals surface area contributed by atoms with Gasteiger partial charge in [0, 0.05) is 21.7 Å². The minimum atomic E-state index is -0.324. The number of carbonyl (C=O) groups excluding carboxylic acids is 1. The number of nitrogens with zero attached hydrogens (tertiary/aromatic N) is 1. The van der Waals surface area contributed by atoms with Gasteiger partial charge in [0.1, 0.15) is 10.6 Å². The van der Waals surface area contributed by atoms with Crippen molar-refractivity contribution in [3.05, 3.63) is 57.9 Å². The lowest BCUT2D eigenvalue weighted by Gasteiger charge is -2.46. The van der Waals surface area contributed by atoms with Crippen LogP contribution in [0, 0.1) is 0 Å². The summed E-state index contributed by atoms with van der Waals surface area (Å²) in [4.78, 5) is 16.2. The SMILES string of the molecule is COc1ccc2c(c1)N(C(=O)c1sc3ccccc3c1Cl)C(C)(C)C[C@@H]2C. The number of ether oxygens (including phenoxy) is 1. The van der Waals surface area contributed by atoms with Gasteiger partial charge in [-0.2, -0.15) is 0 Å². The number of fused-ring (bicyclic) bond motifs is 2. The van der Waals surface area contributed by atoms with Crippen molar-refractivity contribution >= 4 is 44.6 Å². The van der Waals surface area contributed by atoms with Crippen LogP contribution < -0.4 is 9.64 Å². The maximum atomic E-state index is 13.7. The van der Waals surface area contributed by atoms with Crippen molar-refractivity contribution in [1.82, 2.24) is 0 Å². The van der Waals surface area contributed by atoms with Crippen LogP contribution in [0.1, 0.15) is 48.3 Å². The molecule has 5 heteroatoms. The molecule has 1 aliphatic rings. The highest BCUT2D eigenvalue weighted by atomic mass is 35.5. The van der Waals surface area contributed by atoms with Gasteiger partial charge in [0.2, 0.25) is 0 Å². The van der Waals surface area contributed by atoms with Gasteiger partial charge >= 0.3 is 0 Å². The van der Waals surface area contributed by atoms with E-state index in [1.807, 2.05) is 41.3 Å². The molecule has 27 heavy (non-hydrogen) atoms. The summed E-state index contributed by atoms with van der Waals surface area (Å²) < 4.78 is 6.46. The molecule has 4 rings (SSSR count). The predicted molar refractivity (Wildman–Crippen MR) is 114 cm³/mol. The fraction of sp³-hybridized carbons (Fsp3) is 0.318. The van der Waals surface area contributed by atoms with Crippen LogP contribution in [-0.2, 0) is 0 Å². The second-order valence-electron chi connectivity index (χ2n) is 7.72. The van der Waals surface area contributed by atoms with Crippen LogP contribution >= 0.6 is 22.9 Å². The number of thiophene rings is 1. The zero-order chi connectivity index (χ0) is 19.3. The molecule has 0 radical (unpaired) electrons. The Morgan fingerprint density at radius 2 is 2.00 bits per heavy atom. The Morgan fingerprint density at radius 1 is 1.26 bits per heavy atom. The molecule has 1 aromatic heterocycles. The van der Waals surface area contributed by atoms with Gasteiger partial charge in [-0.3, -0.25) is 4.79 Å². The number of benzene rings is 2. The molecule has 140 valence electrons. The van der Waals surface area contributed by atoms with Crippen LogP contribution in [0.3, 0.4) is 0 Å². The summed E-state index contributed by atoms with van der Waals surface area (Å²) in [5, 5.41) is 1.47. The lowest BCUT2D eigenvalue weighted by molar-refractivity contribution is 0.0958. The monoisotopic (exact) mass is 399 g/mol. The van der Waals surface area contributed by atoms with E-state index in [4.69, 9.17) is 16.3 Å². The number of hydrogen-bond donors (Lipinski definition) is 0. The highest BCUT2D eigenvalue weighted by Crippen LogP contribution is 2.47. The number of methoxy groups -OCH3 is 1. The van der Waals surface area contributed by atoms with Crippen LogP contribution in [0.5, 0.6) is 5.75 Å². The maximum Gasteiger partial charge on any atom is 0.270 e. The Labute approximate surface area is 168 Å². The number of hydrogen-bond acceptors (Lipinski definition) is 3. The van der Waals surface area contributed by atoms with Crippen molar-refractivity contribution in [2.24, 2.45) is 0 Å². The average molecular weight is 400 g/mol. The third-order valence-electron chi connectivity index (χ3n) is 5.35. The fourth-order valence-electron chi connectivity index (χ4n) is 4.17. The molecule has 2 aromatic carbocycles. The van der Waals surface area contributed by atoms with E-state index in [0.29, 0.717) is 15.8 Å². The molecule has 1 atom stereocenters. The van der Waals surface area contributed by atoms with Crippen LogP contribution in [0.2, 0.25) is 5.02 Å². The lowest BCUT2D eigenvalue weighted by Crippen LogP contribution is -2.51. The van der Waals surface area contributed by atoms with Gasteiger partial charge in [0.05, 0.1) is 17.8 Å². The number of rotatable bonds is 2. The normalized spacial score (nSPS) is 18.4. The van der Waals surface area contributed by atoms with Crippen molar-refractivity contribution in [3.63, 3.8) is 0 Å². The summed E-state index contributed by atoms with van der Waals surface area (Å²) >= 11 is 8.07. The Kier molecular flexibility index (Phi) is 4.44. The summed E-state index contributed by atoms with van der Waals surface area (Å²) in [6.07, 6.45) is 0.889. The zero-order valence-corrected chi connectivity index (χ0v) is 17.4. The molecule has 1 aliphatic heterocycles. The van der Waals surface area contributed by atoms with Crippen molar-refractivity contribution in [1.29, 1.82) is 0 Å². The highest BCUT2D eigenvalue weighted by Gasteiger charge is 2.41. The van der Waals surface area contributed by atoms with Gasteiger partial charge in [-0.15, -0.1) is 11.3 Å². The first-order valence-electron chi connectivity index (χ1n) is 9.03. The zero-order valence-electron chi connectivity index (χ0n) is 15.9. The maximum absolute atomic E-state index is 13.7. The standard InChI is InChI=1S/C22H22ClNO2S/c1-13-12-22(2,3)24(17-11-14(26-4)9-10-15(13)17)21(25)20-19(23)16-7-5-6-8-18(16)27-20/h5-11,13H,12H2,1-4H3/t13-/m0/s1. The molecular formula is C22H22ClNO2S. The summed E-state index contributed by atoms with van der Waals surface area (Å²) in [6, 6.07) is 13.9. The molecule has 0 aliphatic carbocycles. The van der Waals surface area contributed by atoms with Gasteiger partial charge in [0.25, 0.3) is 5.91 Å². The topological polar surface area (TPSA) is 29.5 Å². The molecule has 3 nitrogen and oxygen atoms in total. The molecule has 1 amide bonds. The van der Waals surface area contributed by atoms with Crippen LogP contribution in [-0.4, -0.2) is 18.6 Å². The summed E-state index contributed by atoms with van der Waals surface area (Å²) in [6.45, 7) is 6.44. The van der Waals surface area contributed by atoms with E-state index in [2.05, 4.69) is 26.8 Å². The fourth-order valence-corrected chi connectivity index (χ4v) is 5.62.